The molecule has 0 aromatic carbocycles. The molecule has 0 aliphatic rings. The van der Waals surface area contributed by atoms with Crippen LogP contribution in [0.3, 0.4) is 0 Å². The smallest absolute Gasteiger partial charge is 0.264 e. The van der Waals surface area contributed by atoms with Gasteiger partial charge in [-0.1, -0.05) is 27.7 Å². The molecule has 0 atom stereocenters. The maximum atomic E-state index is 8.74. The fraction of sp³-hybridized carbons (Fsp3) is 1.00. The van der Waals surface area contributed by atoms with Gasteiger partial charge in [0.05, 0.1) is 0 Å². The van der Waals surface area contributed by atoms with Gasteiger partial charge in [-0.15, -0.1) is 21.1 Å². The van der Waals surface area contributed by atoms with Gasteiger partial charge in [0.15, 0.2) is 0 Å². The van der Waals surface area contributed by atoms with Crippen LogP contribution in [0, 0.1) is 0 Å². The summed E-state index contributed by atoms with van der Waals surface area (Å²) in [7, 11) is -4.67. The zero-order chi connectivity index (χ0) is 12.7. The van der Waals surface area contributed by atoms with E-state index in [9.17, 15) is 0 Å². The first-order valence-corrected chi connectivity index (χ1v) is 10.9. The van der Waals surface area contributed by atoms with Gasteiger partial charge < -0.3 is 0 Å². The van der Waals surface area contributed by atoms with Crippen LogP contribution in [0.25, 0.3) is 0 Å². The van der Waals surface area contributed by atoms with E-state index in [1.165, 1.54) is 21.1 Å². The minimum atomic E-state index is -4.67. The predicted octanol–water partition coefficient (Wildman–Crippen LogP) is 1.95. The lowest BCUT2D eigenvalue weighted by atomic mass is 10.9. The van der Waals surface area contributed by atoms with E-state index in [1.54, 1.807) is 0 Å². The highest BCUT2D eigenvalue weighted by Gasteiger charge is 1.84. The van der Waals surface area contributed by atoms with Crippen molar-refractivity contribution in [1.82, 2.24) is 0 Å². The number of hydrogen-bond acceptors (Lipinski definition) is 2. The predicted molar refractivity (Wildman–Crippen MR) is 70.4 cm³/mol. The lowest BCUT2D eigenvalue weighted by molar-refractivity contribution is 0.381. The molecule has 0 saturated carbocycles. The third kappa shape index (κ3) is 103. The van der Waals surface area contributed by atoms with Crippen molar-refractivity contribution < 1.29 is 17.5 Å². The van der Waals surface area contributed by atoms with Crippen LogP contribution >= 0.6 is 0 Å². The lowest BCUT2D eigenvalue weighted by Gasteiger charge is -1.73. The average Bonchev–Trinajstić information content (AvgIpc) is 2.05. The topological polar surface area (TPSA) is 74.6 Å². The third-order valence-corrected chi connectivity index (χ3v) is 4.24. The van der Waals surface area contributed by atoms with E-state index in [4.69, 9.17) is 17.5 Å². The SMILES string of the molecule is C[CH2][AlH][CH2]C.C[CH2][AlH][CH2]C.O=S(=O)(O)O. The Hall–Kier alpha value is 0.935. The molecule has 2 N–H and O–H groups in total. The van der Waals surface area contributed by atoms with Crippen molar-refractivity contribution in [2.24, 2.45) is 0 Å². The Kier molecular flexibility index (Phi) is 24.5. The van der Waals surface area contributed by atoms with Gasteiger partial charge in [-0.3, -0.25) is 9.11 Å². The van der Waals surface area contributed by atoms with E-state index in [0.717, 1.165) is 0 Å². The molecular formula is C8H24Al2O4S. The largest absolute Gasteiger partial charge is 0.394 e. The summed E-state index contributed by atoms with van der Waals surface area (Å²) in [5, 5.41) is 5.93. The maximum absolute atomic E-state index is 8.74. The van der Waals surface area contributed by atoms with Crippen molar-refractivity contribution in [2.45, 2.75) is 48.8 Å². The highest BCUT2D eigenvalue weighted by Crippen LogP contribution is 1.77. The molecule has 0 saturated heterocycles. The van der Waals surface area contributed by atoms with Crippen molar-refractivity contribution in [2.75, 3.05) is 0 Å². The maximum Gasteiger partial charge on any atom is 0.394 e. The van der Waals surface area contributed by atoms with E-state index in [1.807, 2.05) is 0 Å². The van der Waals surface area contributed by atoms with Gasteiger partial charge in [-0.25, -0.2) is 0 Å². The van der Waals surface area contributed by atoms with Crippen molar-refractivity contribution in [1.29, 1.82) is 0 Å². The molecule has 7 heteroatoms. The molecule has 15 heavy (non-hydrogen) atoms. The van der Waals surface area contributed by atoms with Crippen LogP contribution in [-0.2, 0) is 10.4 Å². The molecule has 0 radical (unpaired) electrons. The molecule has 0 heterocycles. The average molecular weight is 270 g/mol. The lowest BCUT2D eigenvalue weighted by Crippen LogP contribution is -1.89. The molecule has 0 rings (SSSR count). The summed E-state index contributed by atoms with van der Waals surface area (Å²) >= 11 is 0.864. The third-order valence-electron chi connectivity index (χ3n) is 1.41. The zero-order valence-corrected chi connectivity index (χ0v) is 14.0. The van der Waals surface area contributed by atoms with Crippen molar-refractivity contribution in [3.05, 3.63) is 0 Å². The minimum absolute atomic E-state index is 0.432. The van der Waals surface area contributed by atoms with Crippen LogP contribution in [0.2, 0.25) is 21.1 Å². The van der Waals surface area contributed by atoms with Crippen LogP contribution < -0.4 is 0 Å². The number of rotatable bonds is 4. The molecule has 0 bridgehead atoms. The standard InChI is InChI=1S/4C2H5.2Al.H2O4S.2H/c4*1-2;;;1-5(2,3)4;;/h4*1H2,2H3;;;(H2,1,2,3,4);;. The molecule has 0 aromatic rings. The fourth-order valence-electron chi connectivity index (χ4n) is 0.707. The Labute approximate surface area is 107 Å². The minimum Gasteiger partial charge on any atom is -0.264 e. The quantitative estimate of drug-likeness (QED) is 0.605. The van der Waals surface area contributed by atoms with E-state index < -0.39 is 10.4 Å². The van der Waals surface area contributed by atoms with Crippen LogP contribution in [0.5, 0.6) is 0 Å². The fourth-order valence-corrected chi connectivity index (χ4v) is 2.12. The van der Waals surface area contributed by atoms with Gasteiger partial charge in [-0.05, 0) is 0 Å². The number of hydrogen-bond donors (Lipinski definition) is 2. The molecule has 0 aromatic heterocycles. The van der Waals surface area contributed by atoms with Gasteiger partial charge in [-0.2, -0.15) is 8.42 Å². The van der Waals surface area contributed by atoms with E-state index in [0.29, 0.717) is 30.4 Å². The van der Waals surface area contributed by atoms with Gasteiger partial charge in [0.1, 0.15) is 0 Å². The Morgan fingerprint density at radius 3 is 0.933 bits per heavy atom. The monoisotopic (exact) mass is 270 g/mol. The Morgan fingerprint density at radius 2 is 0.933 bits per heavy atom. The van der Waals surface area contributed by atoms with E-state index in [2.05, 4.69) is 27.7 Å². The second kappa shape index (κ2) is 17.3. The Morgan fingerprint density at radius 1 is 0.800 bits per heavy atom. The van der Waals surface area contributed by atoms with E-state index >= 15 is 0 Å². The Bertz CT molecular complexity index is 165. The summed E-state index contributed by atoms with van der Waals surface area (Å²) in [6.45, 7) is 9.09. The molecule has 0 fully saturated rings. The van der Waals surface area contributed by atoms with E-state index in [-0.39, 0.29) is 0 Å². The van der Waals surface area contributed by atoms with Crippen LogP contribution in [0.1, 0.15) is 27.7 Å². The van der Waals surface area contributed by atoms with Gasteiger partial charge in [0, 0.05) is 0 Å². The molecule has 4 nitrogen and oxygen atoms in total. The van der Waals surface area contributed by atoms with Crippen LogP contribution in [-0.4, -0.2) is 48.0 Å². The van der Waals surface area contributed by atoms with Gasteiger partial charge in [0.25, 0.3) is 0 Å². The first kappa shape index (κ1) is 21.2. The zero-order valence-electron chi connectivity index (χ0n) is 10.4. The molecule has 0 unspecified atom stereocenters. The molecule has 0 aliphatic heterocycles. The van der Waals surface area contributed by atoms with Gasteiger partial charge in [0.2, 0.25) is 30.4 Å². The second-order valence-corrected chi connectivity index (χ2v) is 9.46. The highest BCUT2D eigenvalue weighted by molar-refractivity contribution is 7.79. The second-order valence-electron chi connectivity index (χ2n) is 3.15. The summed E-state index contributed by atoms with van der Waals surface area (Å²) in [6.07, 6.45) is 0. The summed E-state index contributed by atoms with van der Waals surface area (Å²) < 4.78 is 31.6. The van der Waals surface area contributed by atoms with Crippen molar-refractivity contribution in [3.8, 4) is 0 Å². The normalized spacial score (nSPS) is 8.93. The van der Waals surface area contributed by atoms with Crippen molar-refractivity contribution in [3.63, 3.8) is 0 Å². The van der Waals surface area contributed by atoms with Crippen LogP contribution in [0.15, 0.2) is 0 Å². The first-order valence-electron chi connectivity index (χ1n) is 5.53. The van der Waals surface area contributed by atoms with Crippen LogP contribution in [0.4, 0.5) is 0 Å². The molecular weight excluding hydrogens is 246 g/mol. The first-order chi connectivity index (χ1) is 6.83. The highest BCUT2D eigenvalue weighted by atomic mass is 32.3. The van der Waals surface area contributed by atoms with Crippen molar-refractivity contribution >= 4 is 40.8 Å². The molecule has 0 spiro atoms. The molecule has 0 amide bonds. The summed E-state index contributed by atoms with van der Waals surface area (Å²) in [5.41, 5.74) is 0. The molecule has 0 aliphatic carbocycles. The Balaban J connectivity index is -0.000000144. The summed E-state index contributed by atoms with van der Waals surface area (Å²) in [6, 6.07) is 0. The van der Waals surface area contributed by atoms with Gasteiger partial charge >= 0.3 is 10.4 Å². The summed E-state index contributed by atoms with van der Waals surface area (Å²) in [4.78, 5) is 0. The molecule has 92 valence electrons. The summed E-state index contributed by atoms with van der Waals surface area (Å²) in [5.74, 6) is 0.